The van der Waals surface area contributed by atoms with Crippen molar-refractivity contribution < 1.29 is 9.59 Å². The fraction of sp³-hybridized carbons (Fsp3) is 0.571. The zero-order valence-electron chi connectivity index (χ0n) is 15.9. The molecule has 2 aliphatic rings. The molecule has 1 aliphatic heterocycles. The van der Waals surface area contributed by atoms with E-state index in [2.05, 4.69) is 16.7 Å². The second-order valence-corrected chi connectivity index (χ2v) is 7.65. The van der Waals surface area contributed by atoms with Crippen LogP contribution in [0, 0.1) is 17.2 Å². The van der Waals surface area contributed by atoms with E-state index in [1.165, 1.54) is 12.8 Å². The smallest absolute Gasteiger partial charge is 0.315 e. The highest BCUT2D eigenvalue weighted by molar-refractivity contribution is 5.75. The predicted molar refractivity (Wildman–Crippen MR) is 103 cm³/mol. The van der Waals surface area contributed by atoms with Crippen LogP contribution < -0.4 is 10.6 Å². The van der Waals surface area contributed by atoms with Crippen LogP contribution in [0.3, 0.4) is 0 Å². The van der Waals surface area contributed by atoms with E-state index in [0.29, 0.717) is 24.6 Å². The maximum atomic E-state index is 12.6. The van der Waals surface area contributed by atoms with E-state index in [-0.39, 0.29) is 24.0 Å². The number of hydrogen-bond donors (Lipinski definition) is 2. The zero-order chi connectivity index (χ0) is 19.2. The van der Waals surface area contributed by atoms with E-state index in [9.17, 15) is 9.59 Å². The molecule has 0 bridgehead atoms. The minimum absolute atomic E-state index is 0.0300. The monoisotopic (exact) mass is 368 g/mol. The molecular formula is C21H28N4O2. The van der Waals surface area contributed by atoms with Crippen LogP contribution in [0.4, 0.5) is 4.79 Å². The lowest BCUT2D eigenvalue weighted by Crippen LogP contribution is -2.49. The van der Waals surface area contributed by atoms with Crippen LogP contribution in [0.1, 0.15) is 62.6 Å². The van der Waals surface area contributed by atoms with E-state index in [1.807, 2.05) is 29.2 Å². The quantitative estimate of drug-likeness (QED) is 0.856. The number of carbonyl (C=O) groups excluding carboxylic acids is 2. The molecule has 1 aliphatic carbocycles. The first-order valence-electron chi connectivity index (χ1n) is 9.89. The summed E-state index contributed by atoms with van der Waals surface area (Å²) in [6, 6.07) is 9.60. The fourth-order valence-electron chi connectivity index (χ4n) is 4.24. The molecule has 1 heterocycles. The molecule has 0 unspecified atom stereocenters. The van der Waals surface area contributed by atoms with Crippen molar-refractivity contribution in [2.24, 2.45) is 5.92 Å². The molecular weight excluding hydrogens is 340 g/mol. The Morgan fingerprint density at radius 3 is 2.30 bits per heavy atom. The van der Waals surface area contributed by atoms with Gasteiger partial charge in [0.15, 0.2) is 0 Å². The molecule has 0 radical (unpaired) electrons. The Morgan fingerprint density at radius 2 is 1.74 bits per heavy atom. The summed E-state index contributed by atoms with van der Waals surface area (Å²) >= 11 is 0. The Balaban J connectivity index is 1.61. The Hall–Kier alpha value is -2.55. The Bertz CT molecular complexity index is 696. The van der Waals surface area contributed by atoms with Gasteiger partial charge in [-0.1, -0.05) is 25.0 Å². The first kappa shape index (κ1) is 19.2. The Labute approximate surface area is 160 Å². The third kappa shape index (κ3) is 5.00. The van der Waals surface area contributed by atoms with Gasteiger partial charge in [0, 0.05) is 26.1 Å². The fourth-order valence-corrected chi connectivity index (χ4v) is 4.24. The van der Waals surface area contributed by atoms with Crippen molar-refractivity contribution in [1.29, 1.82) is 5.26 Å². The van der Waals surface area contributed by atoms with Gasteiger partial charge in [0.25, 0.3) is 0 Å². The van der Waals surface area contributed by atoms with Gasteiger partial charge >= 0.3 is 6.03 Å². The Morgan fingerprint density at radius 1 is 1.11 bits per heavy atom. The molecule has 1 aromatic carbocycles. The van der Waals surface area contributed by atoms with Crippen LogP contribution in [0.25, 0.3) is 0 Å². The molecule has 2 N–H and O–H groups in total. The van der Waals surface area contributed by atoms with Crippen LogP contribution in [0.5, 0.6) is 0 Å². The van der Waals surface area contributed by atoms with Gasteiger partial charge in [-0.2, -0.15) is 5.26 Å². The van der Waals surface area contributed by atoms with E-state index in [4.69, 9.17) is 5.26 Å². The highest BCUT2D eigenvalue weighted by atomic mass is 16.2. The molecule has 2 fully saturated rings. The van der Waals surface area contributed by atoms with Gasteiger partial charge in [0.1, 0.15) is 0 Å². The van der Waals surface area contributed by atoms with E-state index >= 15 is 0 Å². The summed E-state index contributed by atoms with van der Waals surface area (Å²) in [6.45, 7) is 2.98. The number of urea groups is 1. The SMILES string of the molecule is CC(=O)N1CCC(NC(=O)N[C@H](c2ccc(C#N)cc2)C2CCCC2)CC1. The lowest BCUT2D eigenvalue weighted by Gasteiger charge is -2.32. The maximum Gasteiger partial charge on any atom is 0.315 e. The van der Waals surface area contributed by atoms with Crippen LogP contribution in [0.15, 0.2) is 24.3 Å². The van der Waals surface area contributed by atoms with Crippen LogP contribution >= 0.6 is 0 Å². The van der Waals surface area contributed by atoms with Gasteiger partial charge < -0.3 is 15.5 Å². The van der Waals surface area contributed by atoms with Gasteiger partial charge in [-0.15, -0.1) is 0 Å². The van der Waals surface area contributed by atoms with Crippen LogP contribution in [0.2, 0.25) is 0 Å². The lowest BCUT2D eigenvalue weighted by atomic mass is 9.91. The molecule has 1 aromatic rings. The lowest BCUT2D eigenvalue weighted by molar-refractivity contribution is -0.129. The molecule has 6 heteroatoms. The van der Waals surface area contributed by atoms with Crippen molar-refractivity contribution in [3.8, 4) is 6.07 Å². The van der Waals surface area contributed by atoms with Crippen LogP contribution in [-0.4, -0.2) is 36.0 Å². The van der Waals surface area contributed by atoms with Gasteiger partial charge in [0.2, 0.25) is 5.91 Å². The van der Waals surface area contributed by atoms with Crippen molar-refractivity contribution >= 4 is 11.9 Å². The maximum absolute atomic E-state index is 12.6. The molecule has 27 heavy (non-hydrogen) atoms. The third-order valence-electron chi connectivity index (χ3n) is 5.83. The first-order chi connectivity index (χ1) is 13.1. The second kappa shape index (κ2) is 8.90. The van der Waals surface area contributed by atoms with Crippen molar-refractivity contribution in [2.45, 2.75) is 57.5 Å². The Kier molecular flexibility index (Phi) is 6.33. The topological polar surface area (TPSA) is 85.2 Å². The molecule has 6 nitrogen and oxygen atoms in total. The molecule has 1 atom stereocenters. The number of nitrogens with one attached hydrogen (secondary N) is 2. The number of rotatable bonds is 4. The minimum atomic E-state index is -0.141. The van der Waals surface area contributed by atoms with Crippen molar-refractivity contribution in [3.05, 3.63) is 35.4 Å². The molecule has 3 rings (SSSR count). The third-order valence-corrected chi connectivity index (χ3v) is 5.83. The van der Waals surface area contributed by atoms with Crippen molar-refractivity contribution in [3.63, 3.8) is 0 Å². The normalized spacial score (nSPS) is 19.3. The summed E-state index contributed by atoms with van der Waals surface area (Å²) in [5.41, 5.74) is 1.69. The summed E-state index contributed by atoms with van der Waals surface area (Å²) in [4.78, 5) is 25.9. The average Bonchev–Trinajstić information content (AvgIpc) is 3.21. The second-order valence-electron chi connectivity index (χ2n) is 7.65. The number of benzene rings is 1. The summed E-state index contributed by atoms with van der Waals surface area (Å²) < 4.78 is 0. The number of carbonyl (C=O) groups is 2. The van der Waals surface area contributed by atoms with Gasteiger partial charge in [-0.25, -0.2) is 4.79 Å². The molecule has 0 aromatic heterocycles. The number of hydrogen-bond acceptors (Lipinski definition) is 3. The number of nitriles is 1. The minimum Gasteiger partial charge on any atom is -0.343 e. The summed E-state index contributed by atoms with van der Waals surface area (Å²) in [5, 5.41) is 15.3. The van der Waals surface area contributed by atoms with Gasteiger partial charge in [-0.05, 0) is 49.3 Å². The zero-order valence-corrected chi connectivity index (χ0v) is 15.9. The van der Waals surface area contributed by atoms with Crippen LogP contribution in [-0.2, 0) is 4.79 Å². The standard InChI is InChI=1S/C21H28N4O2/c1-15(26)25-12-10-19(11-13-25)23-21(27)24-20(17-4-2-3-5-17)18-8-6-16(14-22)7-9-18/h6-9,17,19-20H,2-5,10-13H2,1H3,(H2,23,24,27)/t20-/m0/s1. The van der Waals surface area contributed by atoms with Crippen molar-refractivity contribution in [1.82, 2.24) is 15.5 Å². The molecule has 3 amide bonds. The number of amides is 3. The number of nitrogens with zero attached hydrogens (tertiary/aromatic N) is 2. The van der Waals surface area contributed by atoms with Gasteiger partial charge in [0.05, 0.1) is 17.7 Å². The highest BCUT2D eigenvalue weighted by Gasteiger charge is 2.29. The molecule has 0 spiro atoms. The summed E-state index contributed by atoms with van der Waals surface area (Å²) in [6.07, 6.45) is 6.20. The largest absolute Gasteiger partial charge is 0.343 e. The average molecular weight is 368 g/mol. The number of likely N-dealkylation sites (tertiary alicyclic amines) is 1. The van der Waals surface area contributed by atoms with E-state index in [1.54, 1.807) is 6.92 Å². The van der Waals surface area contributed by atoms with E-state index in [0.717, 1.165) is 31.2 Å². The highest BCUT2D eigenvalue weighted by Crippen LogP contribution is 2.35. The van der Waals surface area contributed by atoms with Crippen molar-refractivity contribution in [2.75, 3.05) is 13.1 Å². The summed E-state index contributed by atoms with van der Waals surface area (Å²) in [5.74, 6) is 0.531. The number of piperidine rings is 1. The predicted octanol–water partition coefficient (Wildman–Crippen LogP) is 3.10. The molecule has 1 saturated carbocycles. The molecule has 1 saturated heterocycles. The van der Waals surface area contributed by atoms with E-state index < -0.39 is 0 Å². The molecule has 144 valence electrons. The van der Waals surface area contributed by atoms with Gasteiger partial charge in [-0.3, -0.25) is 4.79 Å². The summed E-state index contributed by atoms with van der Waals surface area (Å²) in [7, 11) is 0. The first-order valence-corrected chi connectivity index (χ1v) is 9.89.